The van der Waals surface area contributed by atoms with E-state index in [1.165, 1.54) is 38.3 Å². The van der Waals surface area contributed by atoms with Gasteiger partial charge >= 0.3 is 0 Å². The molecular weight excluding hydrogens is 232 g/mol. The van der Waals surface area contributed by atoms with E-state index in [9.17, 15) is 8.78 Å². The van der Waals surface area contributed by atoms with Crippen molar-refractivity contribution in [2.24, 2.45) is 5.41 Å². The summed E-state index contributed by atoms with van der Waals surface area (Å²) in [5.41, 5.74) is 1.68. The van der Waals surface area contributed by atoms with Gasteiger partial charge in [0.2, 0.25) is 0 Å². The van der Waals surface area contributed by atoms with E-state index in [1.807, 2.05) is 6.07 Å². The number of rotatable bonds is 2. The monoisotopic (exact) mass is 251 g/mol. The standard InChI is InChI=1S/C15H19F2N/c1-13-5-7-15(10-13,8-6-13)12-4-3-11(9-18-12)14(2,16)17/h3-4,9H,5-8,10H2,1-2H3. The molecule has 0 aromatic carbocycles. The van der Waals surface area contributed by atoms with Gasteiger partial charge < -0.3 is 0 Å². The summed E-state index contributed by atoms with van der Waals surface area (Å²) in [5, 5.41) is 0. The largest absolute Gasteiger partial charge is 0.272 e. The number of pyridine rings is 1. The molecule has 0 unspecified atom stereocenters. The fraction of sp³-hybridized carbons (Fsp3) is 0.667. The Kier molecular flexibility index (Phi) is 2.36. The second-order valence-electron chi connectivity index (χ2n) is 6.59. The molecule has 1 heterocycles. The summed E-state index contributed by atoms with van der Waals surface area (Å²) >= 11 is 0. The average Bonchev–Trinajstić information content (AvgIpc) is 2.83. The van der Waals surface area contributed by atoms with Crippen LogP contribution < -0.4 is 0 Å². The Morgan fingerprint density at radius 2 is 1.83 bits per heavy atom. The summed E-state index contributed by atoms with van der Waals surface area (Å²) < 4.78 is 26.3. The SMILES string of the molecule is CC12CCC(c3ccc(C(C)(F)F)cn3)(CC1)C2. The van der Waals surface area contributed by atoms with E-state index in [4.69, 9.17) is 0 Å². The van der Waals surface area contributed by atoms with Gasteiger partial charge in [-0.2, -0.15) is 0 Å². The van der Waals surface area contributed by atoms with Crippen molar-refractivity contribution in [3.05, 3.63) is 29.6 Å². The molecule has 0 saturated heterocycles. The molecule has 2 bridgehead atoms. The smallest absolute Gasteiger partial charge is 0.260 e. The van der Waals surface area contributed by atoms with Gasteiger partial charge in [-0.05, 0) is 49.7 Å². The van der Waals surface area contributed by atoms with Gasteiger partial charge in [-0.1, -0.05) is 6.92 Å². The molecule has 1 nitrogen and oxygen atoms in total. The van der Waals surface area contributed by atoms with Crippen LogP contribution in [0.4, 0.5) is 8.78 Å². The molecule has 3 heteroatoms. The number of halogens is 2. The number of aromatic nitrogens is 1. The third kappa shape index (κ3) is 1.75. The van der Waals surface area contributed by atoms with Gasteiger partial charge in [-0.15, -0.1) is 0 Å². The van der Waals surface area contributed by atoms with Crippen LogP contribution in [0.3, 0.4) is 0 Å². The number of nitrogens with zero attached hydrogens (tertiary/aromatic N) is 1. The molecule has 2 fully saturated rings. The van der Waals surface area contributed by atoms with Crippen molar-refractivity contribution < 1.29 is 8.78 Å². The molecule has 0 atom stereocenters. The first-order chi connectivity index (χ1) is 8.33. The zero-order chi connectivity index (χ0) is 13.0. The summed E-state index contributed by atoms with van der Waals surface area (Å²) in [4.78, 5) is 4.35. The maximum Gasteiger partial charge on any atom is 0.272 e. The van der Waals surface area contributed by atoms with E-state index in [0.29, 0.717) is 5.41 Å². The Morgan fingerprint density at radius 3 is 2.22 bits per heavy atom. The molecule has 0 N–H and O–H groups in total. The van der Waals surface area contributed by atoms with Crippen molar-refractivity contribution in [1.82, 2.24) is 4.98 Å². The lowest BCUT2D eigenvalue weighted by Gasteiger charge is -2.26. The minimum atomic E-state index is -2.79. The highest BCUT2D eigenvalue weighted by molar-refractivity contribution is 5.27. The molecule has 1 aromatic rings. The maximum atomic E-state index is 13.2. The Bertz CT molecular complexity index is 450. The first-order valence-corrected chi connectivity index (χ1v) is 6.68. The normalized spacial score (nSPS) is 35.1. The molecular formula is C15H19F2N. The first-order valence-electron chi connectivity index (χ1n) is 6.68. The van der Waals surface area contributed by atoms with Crippen LogP contribution in [-0.2, 0) is 11.3 Å². The molecule has 2 aliphatic carbocycles. The highest BCUT2D eigenvalue weighted by atomic mass is 19.3. The van der Waals surface area contributed by atoms with Crippen molar-refractivity contribution in [3.8, 4) is 0 Å². The van der Waals surface area contributed by atoms with Gasteiger partial charge in [0.05, 0.1) is 0 Å². The van der Waals surface area contributed by atoms with Crippen molar-refractivity contribution in [1.29, 1.82) is 0 Å². The lowest BCUT2D eigenvalue weighted by Crippen LogP contribution is -2.21. The molecule has 3 rings (SSSR count). The molecule has 0 spiro atoms. The van der Waals surface area contributed by atoms with Gasteiger partial charge in [-0.3, -0.25) is 4.98 Å². The van der Waals surface area contributed by atoms with E-state index in [1.54, 1.807) is 6.07 Å². The van der Waals surface area contributed by atoms with E-state index in [2.05, 4.69) is 11.9 Å². The summed E-state index contributed by atoms with van der Waals surface area (Å²) in [6.45, 7) is 3.26. The minimum absolute atomic E-state index is 0.0152. The van der Waals surface area contributed by atoms with Gasteiger partial charge in [-0.25, -0.2) is 8.78 Å². The second kappa shape index (κ2) is 3.52. The fourth-order valence-corrected chi connectivity index (χ4v) is 3.82. The lowest BCUT2D eigenvalue weighted by atomic mass is 9.80. The Labute approximate surface area is 107 Å². The second-order valence-corrected chi connectivity index (χ2v) is 6.59. The van der Waals surface area contributed by atoms with E-state index >= 15 is 0 Å². The predicted octanol–water partition coefficient (Wildman–Crippen LogP) is 4.42. The van der Waals surface area contributed by atoms with Crippen molar-refractivity contribution in [2.45, 2.75) is 57.3 Å². The van der Waals surface area contributed by atoms with Crippen LogP contribution in [0.2, 0.25) is 0 Å². The Hall–Kier alpha value is -0.990. The van der Waals surface area contributed by atoms with Crippen LogP contribution in [0.15, 0.2) is 18.3 Å². The van der Waals surface area contributed by atoms with Crippen LogP contribution >= 0.6 is 0 Å². The van der Waals surface area contributed by atoms with Crippen LogP contribution in [0.1, 0.15) is 57.2 Å². The molecule has 2 aliphatic rings. The van der Waals surface area contributed by atoms with Gasteiger partial charge in [0, 0.05) is 29.8 Å². The van der Waals surface area contributed by atoms with Gasteiger partial charge in [0.15, 0.2) is 0 Å². The third-order valence-corrected chi connectivity index (χ3v) is 4.99. The molecule has 0 radical (unpaired) electrons. The summed E-state index contributed by atoms with van der Waals surface area (Å²) in [5.74, 6) is -2.79. The van der Waals surface area contributed by atoms with Crippen molar-refractivity contribution in [2.75, 3.05) is 0 Å². The quantitative estimate of drug-likeness (QED) is 0.758. The molecule has 2 saturated carbocycles. The molecule has 98 valence electrons. The third-order valence-electron chi connectivity index (χ3n) is 4.99. The summed E-state index contributed by atoms with van der Waals surface area (Å²) in [6, 6.07) is 3.37. The average molecular weight is 251 g/mol. The molecule has 0 amide bonds. The highest BCUT2D eigenvalue weighted by Crippen LogP contribution is 2.61. The van der Waals surface area contributed by atoms with Crippen LogP contribution in [-0.4, -0.2) is 4.98 Å². The zero-order valence-corrected chi connectivity index (χ0v) is 11.0. The maximum absolute atomic E-state index is 13.2. The molecule has 1 aromatic heterocycles. The van der Waals surface area contributed by atoms with Crippen molar-refractivity contribution in [3.63, 3.8) is 0 Å². The zero-order valence-electron chi connectivity index (χ0n) is 11.0. The van der Waals surface area contributed by atoms with Gasteiger partial charge in [0.25, 0.3) is 5.92 Å². The Morgan fingerprint density at radius 1 is 1.17 bits per heavy atom. The van der Waals surface area contributed by atoms with Crippen LogP contribution in [0.5, 0.6) is 0 Å². The van der Waals surface area contributed by atoms with E-state index in [-0.39, 0.29) is 11.0 Å². The van der Waals surface area contributed by atoms with E-state index < -0.39 is 5.92 Å². The topological polar surface area (TPSA) is 12.9 Å². The summed E-state index contributed by atoms with van der Waals surface area (Å²) in [6.07, 6.45) is 7.37. The highest BCUT2D eigenvalue weighted by Gasteiger charge is 2.53. The van der Waals surface area contributed by atoms with Crippen molar-refractivity contribution >= 4 is 0 Å². The number of hydrogen-bond acceptors (Lipinski definition) is 1. The number of fused-ring (bicyclic) bond motifs is 2. The predicted molar refractivity (Wildman–Crippen MR) is 66.7 cm³/mol. The Balaban J connectivity index is 1.91. The van der Waals surface area contributed by atoms with Gasteiger partial charge in [0.1, 0.15) is 0 Å². The first kappa shape index (κ1) is 12.1. The van der Waals surface area contributed by atoms with E-state index in [0.717, 1.165) is 12.6 Å². The lowest BCUT2D eigenvalue weighted by molar-refractivity contribution is 0.0170. The molecule has 0 aliphatic heterocycles. The van der Waals surface area contributed by atoms with Crippen LogP contribution in [0, 0.1) is 5.41 Å². The number of hydrogen-bond donors (Lipinski definition) is 0. The number of alkyl halides is 2. The fourth-order valence-electron chi connectivity index (χ4n) is 3.82. The molecule has 18 heavy (non-hydrogen) atoms. The van der Waals surface area contributed by atoms with Crippen LogP contribution in [0.25, 0.3) is 0 Å². The summed E-state index contributed by atoms with van der Waals surface area (Å²) in [7, 11) is 0. The minimum Gasteiger partial charge on any atom is -0.260 e.